The van der Waals surface area contributed by atoms with Crippen molar-refractivity contribution in [1.82, 2.24) is 10.6 Å². The van der Waals surface area contributed by atoms with Crippen molar-refractivity contribution in [3.8, 4) is 0 Å². The number of allylic oxidation sites excluding steroid dienone is 3. The van der Waals surface area contributed by atoms with Gasteiger partial charge in [0, 0.05) is 0 Å². The Morgan fingerprint density at radius 3 is 2.30 bits per heavy atom. The molecule has 0 saturated heterocycles. The highest BCUT2D eigenvalue weighted by atomic mass is 15.3. The van der Waals surface area contributed by atoms with E-state index in [-0.39, 0.29) is 23.2 Å². The topological polar surface area (TPSA) is 36.4 Å². The van der Waals surface area contributed by atoms with Gasteiger partial charge in [0.25, 0.3) is 0 Å². The predicted molar refractivity (Wildman–Crippen MR) is 174 cm³/mol. The number of benzene rings is 1. The van der Waals surface area contributed by atoms with Gasteiger partial charge in [-0.05, 0) is 97.3 Å². The average molecular weight is 546 g/mol. The monoisotopic (exact) mass is 545 g/mol. The van der Waals surface area contributed by atoms with Crippen LogP contribution in [0.15, 0.2) is 46.0 Å². The number of rotatable bonds is 8. The first-order chi connectivity index (χ1) is 18.9. The molecule has 1 aliphatic heterocycles. The summed E-state index contributed by atoms with van der Waals surface area (Å²) in [6.45, 7) is 21.0. The van der Waals surface area contributed by atoms with Crippen LogP contribution >= 0.6 is 0 Å². The Bertz CT molecular complexity index is 1110. The van der Waals surface area contributed by atoms with Gasteiger partial charge in [0.15, 0.2) is 0 Å². The second kappa shape index (κ2) is 13.0. The number of aliphatic imine (C=N–C) groups is 1. The zero-order valence-corrected chi connectivity index (χ0v) is 27.3. The molecule has 0 bridgehead atoms. The molecule has 0 spiro atoms. The van der Waals surface area contributed by atoms with Gasteiger partial charge in [-0.1, -0.05) is 116 Å². The molecular formula is C37H59N3. The molecule has 1 aromatic carbocycles. The smallest absolute Gasteiger partial charge is 0.129 e. The van der Waals surface area contributed by atoms with Crippen molar-refractivity contribution in [1.29, 1.82) is 0 Å². The number of nitrogens with zero attached hydrogens (tertiary/aromatic N) is 1. The van der Waals surface area contributed by atoms with Crippen molar-refractivity contribution in [3.63, 3.8) is 0 Å². The van der Waals surface area contributed by atoms with Gasteiger partial charge in [-0.25, -0.2) is 4.99 Å². The van der Waals surface area contributed by atoms with E-state index < -0.39 is 0 Å². The Balaban J connectivity index is 1.57. The normalized spacial score (nSPS) is 26.3. The van der Waals surface area contributed by atoms with Gasteiger partial charge in [-0.3, -0.25) is 5.32 Å². The van der Waals surface area contributed by atoms with Crippen molar-refractivity contribution in [2.75, 3.05) is 0 Å². The molecule has 0 fully saturated rings. The third-order valence-electron chi connectivity index (χ3n) is 9.78. The van der Waals surface area contributed by atoms with E-state index in [4.69, 9.17) is 4.99 Å². The van der Waals surface area contributed by atoms with Crippen molar-refractivity contribution in [3.05, 3.63) is 57.7 Å². The lowest BCUT2D eigenvalue weighted by Crippen LogP contribution is -2.55. The highest BCUT2D eigenvalue weighted by Crippen LogP contribution is 2.41. The molecule has 1 heterocycles. The van der Waals surface area contributed by atoms with Crippen LogP contribution in [-0.4, -0.2) is 12.0 Å². The first-order valence-corrected chi connectivity index (χ1v) is 16.5. The highest BCUT2D eigenvalue weighted by Gasteiger charge is 2.35. The second-order valence-electron chi connectivity index (χ2n) is 15.2. The number of hydrogen-bond acceptors (Lipinski definition) is 3. The summed E-state index contributed by atoms with van der Waals surface area (Å²) in [6.07, 6.45) is 16.9. The zero-order chi connectivity index (χ0) is 29.1. The predicted octanol–water partition coefficient (Wildman–Crippen LogP) is 10.1. The SMILES string of the molecule is CCCCCCC1CC=C(C2=NC(c3ccc(C(C)(C)C)c(C)c3)NC(C3CCC(C(C)(C)C)=C(C)C3)N2)CC1. The van der Waals surface area contributed by atoms with Gasteiger partial charge in [-0.15, -0.1) is 0 Å². The number of aryl methyl sites for hydroxylation is 1. The summed E-state index contributed by atoms with van der Waals surface area (Å²) in [5.74, 6) is 2.58. The third kappa shape index (κ3) is 7.69. The van der Waals surface area contributed by atoms with Gasteiger partial charge >= 0.3 is 0 Å². The quantitative estimate of drug-likeness (QED) is 0.252. The number of hydrogen-bond donors (Lipinski definition) is 2. The fourth-order valence-electron chi connectivity index (χ4n) is 7.55. The van der Waals surface area contributed by atoms with Crippen LogP contribution < -0.4 is 10.6 Å². The van der Waals surface area contributed by atoms with Crippen molar-refractivity contribution < 1.29 is 0 Å². The van der Waals surface area contributed by atoms with Crippen LogP contribution in [0.2, 0.25) is 0 Å². The summed E-state index contributed by atoms with van der Waals surface area (Å²) >= 11 is 0. The number of unbranched alkanes of at least 4 members (excludes halogenated alkanes) is 3. The minimum Gasteiger partial charge on any atom is -0.354 e. The Morgan fingerprint density at radius 2 is 1.70 bits per heavy atom. The summed E-state index contributed by atoms with van der Waals surface area (Å²) < 4.78 is 0. The third-order valence-corrected chi connectivity index (χ3v) is 9.78. The lowest BCUT2D eigenvalue weighted by Gasteiger charge is -2.41. The van der Waals surface area contributed by atoms with Crippen molar-refractivity contribution in [2.24, 2.45) is 22.2 Å². The van der Waals surface area contributed by atoms with Crippen LogP contribution in [0.5, 0.6) is 0 Å². The maximum atomic E-state index is 5.35. The van der Waals surface area contributed by atoms with Gasteiger partial charge in [0.2, 0.25) is 0 Å². The molecule has 4 rings (SSSR count). The number of amidine groups is 1. The Kier molecular flexibility index (Phi) is 10.1. The average Bonchev–Trinajstić information content (AvgIpc) is 2.89. The van der Waals surface area contributed by atoms with Gasteiger partial charge in [-0.2, -0.15) is 0 Å². The fourth-order valence-corrected chi connectivity index (χ4v) is 7.55. The van der Waals surface area contributed by atoms with E-state index in [1.54, 1.807) is 11.1 Å². The molecule has 0 saturated carbocycles. The summed E-state index contributed by atoms with van der Waals surface area (Å²) in [7, 11) is 0. The fraction of sp³-hybridized carbons (Fsp3) is 0.703. The molecule has 3 aliphatic rings. The van der Waals surface area contributed by atoms with Crippen molar-refractivity contribution >= 4 is 5.84 Å². The maximum Gasteiger partial charge on any atom is 0.129 e. The molecule has 4 atom stereocenters. The molecular weight excluding hydrogens is 486 g/mol. The van der Waals surface area contributed by atoms with Gasteiger partial charge in [0.05, 0.1) is 6.17 Å². The van der Waals surface area contributed by atoms with E-state index in [9.17, 15) is 0 Å². The van der Waals surface area contributed by atoms with Crippen LogP contribution in [0, 0.1) is 24.2 Å². The molecule has 0 radical (unpaired) electrons. The minimum absolute atomic E-state index is 0.00469. The van der Waals surface area contributed by atoms with Crippen LogP contribution in [0.25, 0.3) is 0 Å². The van der Waals surface area contributed by atoms with Crippen LogP contribution in [0.3, 0.4) is 0 Å². The largest absolute Gasteiger partial charge is 0.354 e. The van der Waals surface area contributed by atoms with E-state index in [1.165, 1.54) is 80.1 Å². The molecule has 2 N–H and O–H groups in total. The molecule has 0 aromatic heterocycles. The van der Waals surface area contributed by atoms with E-state index >= 15 is 0 Å². The van der Waals surface area contributed by atoms with Crippen LogP contribution in [0.4, 0.5) is 0 Å². The van der Waals surface area contributed by atoms with Crippen LogP contribution in [-0.2, 0) is 5.41 Å². The Hall–Kier alpha value is -1.87. The van der Waals surface area contributed by atoms with E-state index in [0.717, 1.165) is 24.6 Å². The minimum atomic E-state index is -0.00469. The summed E-state index contributed by atoms with van der Waals surface area (Å²) in [4.78, 5) is 5.35. The van der Waals surface area contributed by atoms with Crippen LogP contribution in [0.1, 0.15) is 149 Å². The lowest BCUT2D eigenvalue weighted by molar-refractivity contribution is 0.257. The summed E-state index contributed by atoms with van der Waals surface area (Å²) in [6, 6.07) is 7.04. The first kappa shape index (κ1) is 31.1. The number of nitrogens with one attached hydrogen (secondary N) is 2. The standard InChI is InChI=1S/C37H59N3/c1-10-11-12-13-14-27-15-17-28(18-16-27)33-38-34(29-19-21-31(25(2)23-29)36(4,5)6)40-35(39-33)30-20-22-32(26(3)24-30)37(7,8)9/h17,19,21,23,27,30,34-35,40H,10-16,18,20,22,24H2,1-9H3,(H,38,39). The van der Waals surface area contributed by atoms with E-state index in [2.05, 4.69) is 97.2 Å². The van der Waals surface area contributed by atoms with E-state index in [1.807, 2.05) is 0 Å². The first-order valence-electron chi connectivity index (χ1n) is 16.5. The Morgan fingerprint density at radius 1 is 0.925 bits per heavy atom. The lowest BCUT2D eigenvalue weighted by atomic mass is 9.73. The van der Waals surface area contributed by atoms with Gasteiger partial charge in [0.1, 0.15) is 12.0 Å². The molecule has 0 amide bonds. The Labute approximate surface area is 246 Å². The molecule has 222 valence electrons. The second-order valence-corrected chi connectivity index (χ2v) is 15.2. The van der Waals surface area contributed by atoms with Crippen molar-refractivity contribution in [2.45, 2.75) is 151 Å². The molecule has 1 aromatic rings. The molecule has 2 aliphatic carbocycles. The molecule has 40 heavy (non-hydrogen) atoms. The zero-order valence-electron chi connectivity index (χ0n) is 27.3. The summed E-state index contributed by atoms with van der Waals surface area (Å²) in [5.41, 5.74) is 9.21. The maximum absolute atomic E-state index is 5.35. The van der Waals surface area contributed by atoms with E-state index in [0.29, 0.717) is 5.92 Å². The molecule has 3 nitrogen and oxygen atoms in total. The van der Waals surface area contributed by atoms with Gasteiger partial charge < -0.3 is 5.32 Å². The highest BCUT2D eigenvalue weighted by molar-refractivity contribution is 5.99. The summed E-state index contributed by atoms with van der Waals surface area (Å²) in [5, 5.41) is 7.91. The molecule has 4 unspecified atom stereocenters. The molecule has 3 heteroatoms.